The molecular weight excluding hydrogens is 292 g/mol. The minimum absolute atomic E-state index is 0.261. The Morgan fingerprint density at radius 3 is 2.81 bits per heavy atom. The lowest BCUT2D eigenvalue weighted by Crippen LogP contribution is -2.25. The first-order chi connectivity index (χ1) is 9.94. The maximum Gasteiger partial charge on any atom is 0.338 e. The fourth-order valence-electron chi connectivity index (χ4n) is 2.38. The van der Waals surface area contributed by atoms with Crippen molar-refractivity contribution in [2.24, 2.45) is 0 Å². The number of ether oxygens (including phenoxy) is 1. The molecule has 6 nitrogen and oxygen atoms in total. The Kier molecular flexibility index (Phi) is 4.72. The Morgan fingerprint density at radius 2 is 2.24 bits per heavy atom. The molecule has 0 bridgehead atoms. The minimum Gasteiger partial charge on any atom is -0.462 e. The number of sulfone groups is 1. The van der Waals surface area contributed by atoms with E-state index in [4.69, 9.17) is 10.5 Å². The summed E-state index contributed by atoms with van der Waals surface area (Å²) in [5.74, 6) is -0.162. The molecule has 21 heavy (non-hydrogen) atoms. The number of nitrogens with two attached hydrogens (primary N) is 1. The molecule has 1 aromatic carbocycles. The van der Waals surface area contributed by atoms with Crippen LogP contribution in [-0.2, 0) is 14.6 Å². The summed E-state index contributed by atoms with van der Waals surface area (Å²) < 4.78 is 28.4. The average molecular weight is 312 g/mol. The lowest BCUT2D eigenvalue weighted by atomic mass is 10.1. The van der Waals surface area contributed by atoms with Crippen molar-refractivity contribution in [3.8, 4) is 0 Å². The molecule has 0 saturated carbocycles. The number of nitrogen functional groups attached to an aromatic ring is 1. The highest BCUT2D eigenvalue weighted by molar-refractivity contribution is 7.92. The summed E-state index contributed by atoms with van der Waals surface area (Å²) in [4.78, 5) is 11.6. The van der Waals surface area contributed by atoms with E-state index in [9.17, 15) is 13.2 Å². The predicted molar refractivity (Wildman–Crippen MR) is 82.1 cm³/mol. The van der Waals surface area contributed by atoms with Gasteiger partial charge in [0.1, 0.15) is 0 Å². The van der Waals surface area contributed by atoms with E-state index in [1.165, 1.54) is 6.07 Å². The van der Waals surface area contributed by atoms with E-state index < -0.39 is 15.8 Å². The fraction of sp³-hybridized carbons (Fsp3) is 0.500. The minimum atomic E-state index is -2.98. The maximum atomic E-state index is 11.8. The van der Waals surface area contributed by atoms with Crippen molar-refractivity contribution in [1.29, 1.82) is 0 Å². The van der Waals surface area contributed by atoms with Gasteiger partial charge in [-0.05, 0) is 38.0 Å². The number of nitrogens with one attached hydrogen (secondary N) is 1. The lowest BCUT2D eigenvalue weighted by molar-refractivity contribution is 0.0526. The molecule has 1 aliphatic rings. The SMILES string of the molecule is CCOC(=O)c1ccc(NCC2CCCS2(=O)=O)c(N)c1. The third kappa shape index (κ3) is 3.66. The Hall–Kier alpha value is -1.76. The van der Waals surface area contributed by atoms with E-state index in [-0.39, 0.29) is 11.0 Å². The van der Waals surface area contributed by atoms with Crippen molar-refractivity contribution in [2.45, 2.75) is 25.0 Å². The first kappa shape index (κ1) is 15.6. The second-order valence-corrected chi connectivity index (χ2v) is 7.44. The van der Waals surface area contributed by atoms with Crippen LogP contribution in [0.4, 0.5) is 11.4 Å². The van der Waals surface area contributed by atoms with Gasteiger partial charge in [-0.15, -0.1) is 0 Å². The summed E-state index contributed by atoms with van der Waals surface area (Å²) in [6.07, 6.45) is 1.39. The molecule has 116 valence electrons. The molecule has 7 heteroatoms. The highest BCUT2D eigenvalue weighted by atomic mass is 32.2. The van der Waals surface area contributed by atoms with Crippen molar-refractivity contribution in [3.05, 3.63) is 23.8 Å². The smallest absolute Gasteiger partial charge is 0.338 e. The van der Waals surface area contributed by atoms with E-state index in [1.54, 1.807) is 19.1 Å². The molecule has 1 unspecified atom stereocenters. The molecule has 1 aromatic rings. The van der Waals surface area contributed by atoms with Gasteiger partial charge < -0.3 is 15.8 Å². The first-order valence-corrected chi connectivity index (χ1v) is 8.67. The summed E-state index contributed by atoms with van der Waals surface area (Å²) in [6, 6.07) is 4.81. The number of benzene rings is 1. The van der Waals surface area contributed by atoms with E-state index in [1.807, 2.05) is 0 Å². The number of hydrogen-bond acceptors (Lipinski definition) is 6. The molecule has 1 saturated heterocycles. The number of rotatable bonds is 5. The van der Waals surface area contributed by atoms with Gasteiger partial charge in [-0.3, -0.25) is 0 Å². The summed E-state index contributed by atoms with van der Waals surface area (Å²) >= 11 is 0. The van der Waals surface area contributed by atoms with Gasteiger partial charge in [-0.2, -0.15) is 0 Å². The maximum absolute atomic E-state index is 11.8. The zero-order valence-electron chi connectivity index (χ0n) is 12.0. The molecule has 2 rings (SSSR count). The zero-order chi connectivity index (χ0) is 15.5. The standard InChI is InChI=1S/C14H20N2O4S/c1-2-20-14(17)10-5-6-13(12(15)8-10)16-9-11-4-3-7-21(11,18)19/h5-6,8,11,16H,2-4,7,9,15H2,1H3. The third-order valence-corrected chi connectivity index (χ3v) is 5.82. The van der Waals surface area contributed by atoms with E-state index in [2.05, 4.69) is 5.32 Å². The average Bonchev–Trinajstić information content (AvgIpc) is 2.76. The van der Waals surface area contributed by atoms with E-state index in [0.717, 1.165) is 0 Å². The van der Waals surface area contributed by atoms with Gasteiger partial charge in [0.15, 0.2) is 9.84 Å². The van der Waals surface area contributed by atoms with Gasteiger partial charge in [-0.25, -0.2) is 13.2 Å². The largest absolute Gasteiger partial charge is 0.462 e. The van der Waals surface area contributed by atoms with Crippen molar-refractivity contribution in [3.63, 3.8) is 0 Å². The van der Waals surface area contributed by atoms with Crippen LogP contribution in [-0.4, -0.2) is 38.5 Å². The van der Waals surface area contributed by atoms with Crippen LogP contribution in [0, 0.1) is 0 Å². The Morgan fingerprint density at radius 1 is 1.48 bits per heavy atom. The molecule has 1 atom stereocenters. The van der Waals surface area contributed by atoms with E-state index in [0.29, 0.717) is 42.9 Å². The number of carbonyl (C=O) groups excluding carboxylic acids is 1. The Bertz CT molecular complexity index is 628. The van der Waals surface area contributed by atoms with Crippen LogP contribution in [0.2, 0.25) is 0 Å². The van der Waals surface area contributed by atoms with Gasteiger partial charge in [0.2, 0.25) is 0 Å². The van der Waals surface area contributed by atoms with Crippen LogP contribution in [0.25, 0.3) is 0 Å². The summed E-state index contributed by atoms with van der Waals surface area (Å²) in [6.45, 7) is 2.38. The second kappa shape index (κ2) is 6.34. The highest BCUT2D eigenvalue weighted by Gasteiger charge is 2.30. The molecule has 1 aliphatic heterocycles. The van der Waals surface area contributed by atoms with Gasteiger partial charge in [0.05, 0.1) is 34.5 Å². The number of esters is 1. The van der Waals surface area contributed by atoms with Crippen LogP contribution in [0.3, 0.4) is 0 Å². The normalized spacial score (nSPS) is 20.1. The molecule has 0 radical (unpaired) electrons. The highest BCUT2D eigenvalue weighted by Crippen LogP contribution is 2.24. The van der Waals surface area contributed by atoms with Crippen molar-refractivity contribution >= 4 is 27.2 Å². The van der Waals surface area contributed by atoms with Crippen molar-refractivity contribution in [2.75, 3.05) is 30.0 Å². The summed E-state index contributed by atoms with van der Waals surface area (Å²) in [5.41, 5.74) is 7.30. The summed E-state index contributed by atoms with van der Waals surface area (Å²) in [5, 5.41) is 2.69. The number of carbonyl (C=O) groups is 1. The van der Waals surface area contributed by atoms with Crippen molar-refractivity contribution in [1.82, 2.24) is 0 Å². The van der Waals surface area contributed by atoms with Crippen molar-refractivity contribution < 1.29 is 17.9 Å². The van der Waals surface area contributed by atoms with Gasteiger partial charge in [-0.1, -0.05) is 0 Å². The molecule has 0 amide bonds. The molecule has 0 aliphatic carbocycles. The van der Waals surface area contributed by atoms with Crippen LogP contribution >= 0.6 is 0 Å². The molecule has 3 N–H and O–H groups in total. The molecule has 1 fully saturated rings. The molecular formula is C14H20N2O4S. The van der Waals surface area contributed by atoms with Crippen LogP contribution in [0.1, 0.15) is 30.1 Å². The van der Waals surface area contributed by atoms with Crippen LogP contribution in [0.15, 0.2) is 18.2 Å². The van der Waals surface area contributed by atoms with E-state index >= 15 is 0 Å². The monoisotopic (exact) mass is 312 g/mol. The molecule has 0 spiro atoms. The Balaban J connectivity index is 2.03. The number of anilines is 2. The lowest BCUT2D eigenvalue weighted by Gasteiger charge is -2.14. The second-order valence-electron chi connectivity index (χ2n) is 5.03. The molecule has 1 heterocycles. The van der Waals surface area contributed by atoms with Crippen LogP contribution in [0.5, 0.6) is 0 Å². The third-order valence-electron chi connectivity index (χ3n) is 3.55. The first-order valence-electron chi connectivity index (χ1n) is 6.96. The fourth-order valence-corrected chi connectivity index (χ4v) is 4.14. The molecule has 0 aromatic heterocycles. The van der Waals surface area contributed by atoms with Crippen LogP contribution < -0.4 is 11.1 Å². The predicted octanol–water partition coefficient (Wildman–Crippen LogP) is 1.43. The van der Waals surface area contributed by atoms with Gasteiger partial charge >= 0.3 is 5.97 Å². The topological polar surface area (TPSA) is 98.5 Å². The quantitative estimate of drug-likeness (QED) is 0.630. The Labute approximate surface area is 124 Å². The van der Waals surface area contributed by atoms with Gasteiger partial charge in [0, 0.05) is 6.54 Å². The van der Waals surface area contributed by atoms with Gasteiger partial charge in [0.25, 0.3) is 0 Å². The summed E-state index contributed by atoms with van der Waals surface area (Å²) in [7, 11) is -2.98. The zero-order valence-corrected chi connectivity index (χ0v) is 12.8. The number of hydrogen-bond donors (Lipinski definition) is 2.